The van der Waals surface area contributed by atoms with Crippen molar-refractivity contribution >= 4 is 29.0 Å². The molecule has 0 spiro atoms. The van der Waals surface area contributed by atoms with Gasteiger partial charge < -0.3 is 15.1 Å². The van der Waals surface area contributed by atoms with Crippen LogP contribution >= 0.6 is 12.2 Å². The van der Waals surface area contributed by atoms with Gasteiger partial charge in [0, 0.05) is 36.8 Å². The largest absolute Gasteiger partial charge is 0.379 e. The summed E-state index contributed by atoms with van der Waals surface area (Å²) in [5, 5.41) is 2.91. The van der Waals surface area contributed by atoms with E-state index in [1.807, 2.05) is 55.4 Å². The smallest absolute Gasteiger partial charge is 0.273 e. The van der Waals surface area contributed by atoms with Crippen molar-refractivity contribution in [2.75, 3.05) is 7.05 Å². The highest BCUT2D eigenvalue weighted by Gasteiger charge is 2.29. The molecule has 0 bridgehead atoms. The molecule has 6 nitrogen and oxygen atoms in total. The van der Waals surface area contributed by atoms with Crippen LogP contribution in [-0.2, 0) is 0 Å². The molecule has 1 rings (SSSR count). The molecule has 0 aliphatic rings. The van der Waals surface area contributed by atoms with E-state index in [2.05, 4.69) is 10.3 Å². The molecule has 0 radical (unpaired) electrons. The molecule has 1 aromatic rings. The van der Waals surface area contributed by atoms with Gasteiger partial charge in [-0.2, -0.15) is 0 Å². The molecular weight excluding hydrogens is 372 g/mol. The van der Waals surface area contributed by atoms with Crippen LogP contribution in [0.2, 0.25) is 0 Å². The number of carbonyl (C=O) groups excluding carboxylic acids is 2. The van der Waals surface area contributed by atoms with Crippen molar-refractivity contribution in [3.8, 4) is 0 Å². The maximum Gasteiger partial charge on any atom is 0.273 e. The molecule has 0 atom stereocenters. The minimum Gasteiger partial charge on any atom is -0.379 e. The maximum absolute atomic E-state index is 13.3. The topological polar surface area (TPSA) is 65.5 Å². The number of thiocarbonyl (C=S) groups is 1. The first-order valence-corrected chi connectivity index (χ1v) is 10.2. The quantitative estimate of drug-likeness (QED) is 0.702. The van der Waals surface area contributed by atoms with Gasteiger partial charge in [0.25, 0.3) is 11.8 Å². The van der Waals surface area contributed by atoms with Crippen LogP contribution in [0.25, 0.3) is 0 Å². The number of nitrogens with zero attached hydrogens (tertiary/aromatic N) is 3. The van der Waals surface area contributed by atoms with Crippen molar-refractivity contribution in [3.63, 3.8) is 0 Å². The molecule has 0 aliphatic carbocycles. The average molecular weight is 407 g/mol. The normalized spacial score (nSPS) is 11.3. The highest BCUT2D eigenvalue weighted by atomic mass is 32.1. The lowest BCUT2D eigenvalue weighted by Crippen LogP contribution is -2.44. The number of hydrogen-bond donors (Lipinski definition) is 1. The van der Waals surface area contributed by atoms with Gasteiger partial charge in [-0.05, 0) is 67.5 Å². The summed E-state index contributed by atoms with van der Waals surface area (Å²) in [6.45, 7) is 15.7. The summed E-state index contributed by atoms with van der Waals surface area (Å²) in [7, 11) is 1.71. The van der Waals surface area contributed by atoms with Gasteiger partial charge in [-0.25, -0.2) is 4.98 Å². The van der Waals surface area contributed by atoms with Crippen LogP contribution in [0.1, 0.15) is 81.9 Å². The minimum atomic E-state index is -0.229. The van der Waals surface area contributed by atoms with Gasteiger partial charge in [0.05, 0.1) is 0 Å². The molecule has 1 N–H and O–H groups in total. The molecule has 156 valence electrons. The Morgan fingerprint density at radius 1 is 0.857 bits per heavy atom. The second-order valence-electron chi connectivity index (χ2n) is 7.97. The molecular formula is C21H34N4O2S. The first-order valence-electron chi connectivity index (χ1n) is 9.82. The first kappa shape index (κ1) is 24.0. The summed E-state index contributed by atoms with van der Waals surface area (Å²) >= 11 is 5.37. The molecule has 0 aromatic carbocycles. The average Bonchev–Trinajstić information content (AvgIpc) is 2.59. The third kappa shape index (κ3) is 5.28. The lowest BCUT2D eigenvalue weighted by Gasteiger charge is -2.32. The number of pyridine rings is 1. The molecule has 0 aliphatic heterocycles. The molecule has 0 fully saturated rings. The first-order chi connectivity index (χ1) is 12.9. The van der Waals surface area contributed by atoms with Crippen molar-refractivity contribution in [1.29, 1.82) is 0 Å². The lowest BCUT2D eigenvalue weighted by atomic mass is 10.1. The van der Waals surface area contributed by atoms with Gasteiger partial charge in [-0.15, -0.1) is 0 Å². The Kier molecular flexibility index (Phi) is 8.54. The van der Waals surface area contributed by atoms with Crippen LogP contribution in [-0.4, -0.2) is 62.8 Å². The predicted molar refractivity (Wildman–Crippen MR) is 118 cm³/mol. The number of hydrogen-bond acceptors (Lipinski definition) is 4. The summed E-state index contributed by atoms with van der Waals surface area (Å²) in [6, 6.07) is 3.39. The predicted octanol–water partition coefficient (Wildman–Crippen LogP) is 3.49. The van der Waals surface area contributed by atoms with Gasteiger partial charge in [0.15, 0.2) is 0 Å². The van der Waals surface area contributed by atoms with Gasteiger partial charge in [0.1, 0.15) is 16.4 Å². The van der Waals surface area contributed by atoms with Crippen molar-refractivity contribution in [1.82, 2.24) is 20.1 Å². The number of nitrogens with one attached hydrogen (secondary N) is 1. The Morgan fingerprint density at radius 3 is 1.68 bits per heavy atom. The third-order valence-corrected chi connectivity index (χ3v) is 4.91. The Labute approximate surface area is 174 Å². The highest BCUT2D eigenvalue weighted by molar-refractivity contribution is 7.80. The van der Waals surface area contributed by atoms with E-state index in [4.69, 9.17) is 12.2 Å². The van der Waals surface area contributed by atoms with E-state index in [1.54, 1.807) is 29.0 Å². The van der Waals surface area contributed by atoms with Crippen LogP contribution < -0.4 is 5.32 Å². The van der Waals surface area contributed by atoms with Gasteiger partial charge in [0.2, 0.25) is 0 Å². The fraction of sp³-hybridized carbons (Fsp3) is 0.619. The molecule has 1 aromatic heterocycles. The summed E-state index contributed by atoms with van der Waals surface area (Å²) in [5.74, 6) is -0.422. The Hall–Kier alpha value is -2.02. The molecule has 28 heavy (non-hydrogen) atoms. The van der Waals surface area contributed by atoms with Gasteiger partial charge in [-0.3, -0.25) is 9.59 Å². The van der Waals surface area contributed by atoms with E-state index >= 15 is 0 Å². The lowest BCUT2D eigenvalue weighted by molar-refractivity contribution is 0.0631. The zero-order valence-corrected chi connectivity index (χ0v) is 19.3. The number of amides is 2. The van der Waals surface area contributed by atoms with Crippen LogP contribution in [0, 0.1) is 0 Å². The minimum absolute atomic E-state index is 0.00695. The zero-order valence-electron chi connectivity index (χ0n) is 18.5. The fourth-order valence-corrected chi connectivity index (χ4v) is 3.61. The maximum atomic E-state index is 13.3. The standard InChI is InChI=1S/C21H34N4O2S/c1-12(2)24(13(3)4)20(26)17-11-10-16(19(28)22-9)18(23-17)21(27)25(14(5)6)15(7)8/h10-15H,1-9H3,(H,22,28). The van der Waals surface area contributed by atoms with E-state index in [0.717, 1.165) is 0 Å². The van der Waals surface area contributed by atoms with E-state index in [0.29, 0.717) is 10.6 Å². The number of aromatic nitrogens is 1. The summed E-state index contributed by atoms with van der Waals surface area (Å²) in [4.78, 5) is 34.8. The second-order valence-corrected chi connectivity index (χ2v) is 8.38. The van der Waals surface area contributed by atoms with Crippen molar-refractivity contribution in [3.05, 3.63) is 29.1 Å². The Bertz CT molecular complexity index is 713. The summed E-state index contributed by atoms with van der Waals surface area (Å²) in [6.07, 6.45) is 0. The van der Waals surface area contributed by atoms with Crippen LogP contribution in [0.15, 0.2) is 12.1 Å². The van der Waals surface area contributed by atoms with Crippen molar-refractivity contribution in [2.24, 2.45) is 0 Å². The van der Waals surface area contributed by atoms with E-state index in [1.165, 1.54) is 0 Å². The third-order valence-electron chi connectivity index (χ3n) is 4.48. The van der Waals surface area contributed by atoms with Crippen LogP contribution in [0.4, 0.5) is 0 Å². The highest BCUT2D eigenvalue weighted by Crippen LogP contribution is 2.18. The molecule has 0 saturated heterocycles. The Morgan fingerprint density at radius 2 is 1.29 bits per heavy atom. The zero-order chi connectivity index (χ0) is 21.8. The number of rotatable bonds is 7. The van der Waals surface area contributed by atoms with E-state index in [9.17, 15) is 9.59 Å². The molecule has 0 unspecified atom stereocenters. The Balaban J connectivity index is 3.56. The molecule has 1 heterocycles. The van der Waals surface area contributed by atoms with Crippen LogP contribution in [0.5, 0.6) is 0 Å². The number of carbonyl (C=O) groups is 2. The van der Waals surface area contributed by atoms with Gasteiger partial charge >= 0.3 is 0 Å². The van der Waals surface area contributed by atoms with E-state index < -0.39 is 0 Å². The summed E-state index contributed by atoms with van der Waals surface area (Å²) < 4.78 is 0. The van der Waals surface area contributed by atoms with Crippen LogP contribution in [0.3, 0.4) is 0 Å². The SMILES string of the molecule is CNC(=S)c1ccc(C(=O)N(C(C)C)C(C)C)nc1C(=O)N(C(C)C)C(C)C. The molecule has 2 amide bonds. The van der Waals surface area contributed by atoms with Crippen molar-refractivity contribution in [2.45, 2.75) is 79.6 Å². The molecule has 7 heteroatoms. The fourth-order valence-electron chi connectivity index (χ4n) is 3.44. The van der Waals surface area contributed by atoms with Gasteiger partial charge in [-0.1, -0.05) is 12.2 Å². The monoisotopic (exact) mass is 406 g/mol. The summed E-state index contributed by atoms with van der Waals surface area (Å²) in [5.41, 5.74) is 0.993. The molecule has 0 saturated carbocycles. The van der Waals surface area contributed by atoms with Crippen molar-refractivity contribution < 1.29 is 9.59 Å². The second kappa shape index (κ2) is 9.96. The van der Waals surface area contributed by atoms with E-state index in [-0.39, 0.29) is 47.4 Å².